The number of pyridine rings is 1. The highest BCUT2D eigenvalue weighted by Gasteiger charge is 2.13. The Bertz CT molecular complexity index is 1760. The molecule has 0 fully saturated rings. The third kappa shape index (κ3) is 6.96. The molecule has 206 valence electrons. The molecule has 0 saturated heterocycles. The number of aromatic nitrogens is 3. The Labute approximate surface area is 229 Å². The van der Waals surface area contributed by atoms with Gasteiger partial charge < -0.3 is 19.8 Å². The summed E-state index contributed by atoms with van der Waals surface area (Å²) in [4.78, 5) is 13.0. The number of benzene rings is 2. The van der Waals surface area contributed by atoms with Gasteiger partial charge in [0.2, 0.25) is 0 Å². The van der Waals surface area contributed by atoms with Crippen LogP contribution < -0.4 is 15.4 Å². The van der Waals surface area contributed by atoms with Crippen LogP contribution in [0.5, 0.6) is 5.75 Å². The molecule has 9 nitrogen and oxygen atoms in total. The maximum atomic E-state index is 14.8. The highest BCUT2D eigenvalue weighted by atomic mass is 32.2. The van der Waals surface area contributed by atoms with Crippen LogP contribution in [0.3, 0.4) is 0 Å². The first-order valence-electron chi connectivity index (χ1n) is 12.3. The van der Waals surface area contributed by atoms with Crippen LogP contribution in [0, 0.1) is 11.6 Å². The van der Waals surface area contributed by atoms with Crippen LogP contribution in [-0.4, -0.2) is 41.9 Å². The minimum atomic E-state index is -3.04. The average molecular weight is 566 g/mol. The van der Waals surface area contributed by atoms with Crippen molar-refractivity contribution >= 4 is 32.2 Å². The number of fused-ring (bicyclic) bond motifs is 1. The molecular weight excluding hydrogens is 540 g/mol. The lowest BCUT2D eigenvalue weighted by Gasteiger charge is -2.11. The molecule has 0 aliphatic rings. The largest absolute Gasteiger partial charge is 0.486 e. The lowest BCUT2D eigenvalue weighted by atomic mass is 10.2. The van der Waals surface area contributed by atoms with Gasteiger partial charge in [0, 0.05) is 29.9 Å². The fraction of sp³-hybridized carbons (Fsp3) is 0.179. The highest BCUT2D eigenvalue weighted by molar-refractivity contribution is 7.90. The molecule has 0 saturated carbocycles. The molecular formula is C28H25F2N5O4S. The second-order valence-electron chi connectivity index (χ2n) is 9.07. The van der Waals surface area contributed by atoms with Gasteiger partial charge in [-0.1, -0.05) is 12.1 Å². The molecule has 0 aliphatic carbocycles. The molecule has 0 atom stereocenters. The van der Waals surface area contributed by atoms with Gasteiger partial charge >= 0.3 is 0 Å². The van der Waals surface area contributed by atoms with E-state index >= 15 is 0 Å². The average Bonchev–Trinajstić information content (AvgIpc) is 3.39. The summed E-state index contributed by atoms with van der Waals surface area (Å²) in [5, 5.41) is 6.79. The Hall–Kier alpha value is -4.42. The fourth-order valence-electron chi connectivity index (χ4n) is 3.89. The summed E-state index contributed by atoms with van der Waals surface area (Å²) in [5.74, 6) is 0.685. The number of nitrogens with one attached hydrogen (secondary N) is 2. The minimum Gasteiger partial charge on any atom is -0.486 e. The maximum Gasteiger partial charge on any atom is 0.167 e. The predicted molar refractivity (Wildman–Crippen MR) is 147 cm³/mol. The molecule has 0 radical (unpaired) electrons. The number of anilines is 2. The summed E-state index contributed by atoms with van der Waals surface area (Å²) >= 11 is 0. The third-order valence-electron chi connectivity index (χ3n) is 5.86. The summed E-state index contributed by atoms with van der Waals surface area (Å²) in [6.07, 6.45) is 4.16. The van der Waals surface area contributed by atoms with E-state index in [1.807, 2.05) is 0 Å². The van der Waals surface area contributed by atoms with Crippen LogP contribution >= 0.6 is 0 Å². The maximum absolute atomic E-state index is 14.8. The zero-order valence-corrected chi connectivity index (χ0v) is 22.2. The van der Waals surface area contributed by atoms with Gasteiger partial charge in [-0.05, 0) is 48.0 Å². The SMILES string of the molecule is CS(=O)(=O)CCNCc1ccc(-c2cc3c(Nc4ccc(OCc5cccc(F)c5)c(F)c4)ncnc3cn2)o1. The van der Waals surface area contributed by atoms with E-state index in [4.69, 9.17) is 9.15 Å². The predicted octanol–water partition coefficient (Wildman–Crippen LogP) is 5.02. The van der Waals surface area contributed by atoms with E-state index in [1.165, 1.54) is 36.8 Å². The monoisotopic (exact) mass is 565 g/mol. The molecule has 3 heterocycles. The van der Waals surface area contributed by atoms with E-state index in [0.29, 0.717) is 58.3 Å². The third-order valence-corrected chi connectivity index (χ3v) is 6.81. The summed E-state index contributed by atoms with van der Waals surface area (Å²) in [5.41, 5.74) is 2.14. The van der Waals surface area contributed by atoms with Crippen LogP contribution in [0.1, 0.15) is 11.3 Å². The number of halogens is 2. The molecule has 3 aromatic heterocycles. The first-order valence-corrected chi connectivity index (χ1v) is 14.3. The molecule has 2 aromatic carbocycles. The van der Waals surface area contributed by atoms with Crippen molar-refractivity contribution in [1.82, 2.24) is 20.3 Å². The number of sulfone groups is 1. The number of ether oxygens (including phenoxy) is 1. The second-order valence-corrected chi connectivity index (χ2v) is 11.3. The van der Waals surface area contributed by atoms with Crippen molar-refractivity contribution < 1.29 is 26.4 Å². The van der Waals surface area contributed by atoms with Gasteiger partial charge in [0.25, 0.3) is 0 Å². The first-order chi connectivity index (χ1) is 19.2. The summed E-state index contributed by atoms with van der Waals surface area (Å²) < 4.78 is 62.1. The van der Waals surface area contributed by atoms with Crippen molar-refractivity contribution in [2.24, 2.45) is 0 Å². The van der Waals surface area contributed by atoms with Crippen molar-refractivity contribution in [3.05, 3.63) is 96.1 Å². The van der Waals surface area contributed by atoms with E-state index in [1.54, 1.807) is 42.6 Å². The van der Waals surface area contributed by atoms with Crippen molar-refractivity contribution in [2.45, 2.75) is 13.2 Å². The van der Waals surface area contributed by atoms with E-state index in [9.17, 15) is 17.2 Å². The first kappa shape index (κ1) is 27.2. The minimum absolute atomic E-state index is 0.0268. The normalized spacial score (nSPS) is 11.6. The van der Waals surface area contributed by atoms with Crippen molar-refractivity contribution in [1.29, 1.82) is 0 Å². The Kier molecular flexibility index (Phi) is 7.99. The Morgan fingerprint density at radius 3 is 2.67 bits per heavy atom. The van der Waals surface area contributed by atoms with Crippen LogP contribution in [0.25, 0.3) is 22.4 Å². The van der Waals surface area contributed by atoms with Crippen molar-refractivity contribution in [3.8, 4) is 17.2 Å². The number of rotatable bonds is 11. The van der Waals surface area contributed by atoms with E-state index < -0.39 is 15.7 Å². The number of furan rings is 1. The zero-order chi connectivity index (χ0) is 28.1. The van der Waals surface area contributed by atoms with Gasteiger partial charge in [-0.25, -0.2) is 27.2 Å². The summed E-state index contributed by atoms with van der Waals surface area (Å²) in [6, 6.07) is 15.7. The molecule has 0 bridgehead atoms. The summed E-state index contributed by atoms with van der Waals surface area (Å²) in [7, 11) is -3.04. The standard InChI is InChI=1S/C28H25F2N5O4S/c1-40(36,37)10-9-31-14-21-6-8-27(39-21)24-13-22-25(15-32-24)33-17-34-28(22)35-20-5-7-26(23(30)12-20)38-16-18-3-2-4-19(29)11-18/h2-8,11-13,15,17,31H,9-10,14,16H2,1H3,(H,33,34,35). The highest BCUT2D eigenvalue weighted by Crippen LogP contribution is 2.29. The van der Waals surface area contributed by atoms with Gasteiger partial charge in [-0.2, -0.15) is 0 Å². The molecule has 5 rings (SSSR count). The van der Waals surface area contributed by atoms with Crippen molar-refractivity contribution in [3.63, 3.8) is 0 Å². The van der Waals surface area contributed by atoms with Crippen LogP contribution in [0.2, 0.25) is 0 Å². The van der Waals surface area contributed by atoms with E-state index in [-0.39, 0.29) is 23.9 Å². The zero-order valence-electron chi connectivity index (χ0n) is 21.4. The van der Waals surface area contributed by atoms with E-state index in [0.717, 1.165) is 0 Å². The summed E-state index contributed by atoms with van der Waals surface area (Å²) in [6.45, 7) is 0.710. The van der Waals surface area contributed by atoms with E-state index in [2.05, 4.69) is 25.6 Å². The van der Waals surface area contributed by atoms with Gasteiger partial charge in [-0.3, -0.25) is 4.98 Å². The second kappa shape index (κ2) is 11.8. The molecule has 2 N–H and O–H groups in total. The molecule has 0 amide bonds. The van der Waals surface area contributed by atoms with Gasteiger partial charge in [0.05, 0.1) is 24.0 Å². The van der Waals surface area contributed by atoms with Crippen LogP contribution in [-0.2, 0) is 23.0 Å². The molecule has 5 aromatic rings. The number of nitrogens with zero attached hydrogens (tertiary/aromatic N) is 3. The Morgan fingerprint density at radius 1 is 1.00 bits per heavy atom. The molecule has 0 unspecified atom stereocenters. The lowest BCUT2D eigenvalue weighted by Crippen LogP contribution is -2.21. The quantitative estimate of drug-likeness (QED) is 0.213. The Morgan fingerprint density at radius 2 is 1.88 bits per heavy atom. The van der Waals surface area contributed by atoms with Gasteiger partial charge in [0.1, 0.15) is 45.9 Å². The number of hydrogen-bond acceptors (Lipinski definition) is 9. The molecule has 0 aliphatic heterocycles. The number of hydrogen-bond donors (Lipinski definition) is 2. The molecule has 12 heteroatoms. The van der Waals surface area contributed by atoms with Gasteiger partial charge in [0.15, 0.2) is 17.3 Å². The van der Waals surface area contributed by atoms with Crippen LogP contribution in [0.4, 0.5) is 20.3 Å². The molecule has 0 spiro atoms. The Balaban J connectivity index is 1.29. The fourth-order valence-corrected chi connectivity index (χ4v) is 4.41. The van der Waals surface area contributed by atoms with Crippen molar-refractivity contribution in [2.75, 3.05) is 23.9 Å². The molecule has 40 heavy (non-hydrogen) atoms. The smallest absolute Gasteiger partial charge is 0.167 e. The lowest BCUT2D eigenvalue weighted by molar-refractivity contribution is 0.290. The van der Waals surface area contributed by atoms with Gasteiger partial charge in [-0.15, -0.1) is 0 Å². The van der Waals surface area contributed by atoms with Crippen LogP contribution in [0.15, 0.2) is 77.6 Å². The topological polar surface area (TPSA) is 119 Å².